The lowest BCUT2D eigenvalue weighted by Crippen LogP contribution is -2.30. The standard InChI is InChI=1S/C30H39N4O7P/c1-4-20(5-2)16-39-30(37)19(3)18-42(38,41-21-9-7-6-8-10-21)40-17-23-27(22(15-31)28(35)29(23)36)26-12-11-25-24(32)13-14-33-34(25)26/h6-14,19-20,22-23,27-29,35-36H,4-5,16-18,32H2,1-3H3/t19-,22+,23+,27?,28+,29-,42+/m1/s1. The lowest BCUT2D eigenvalue weighted by molar-refractivity contribution is -0.148. The van der Waals surface area contributed by atoms with Crippen LogP contribution in [0.3, 0.4) is 0 Å². The maximum atomic E-state index is 14.2. The van der Waals surface area contributed by atoms with Crippen LogP contribution in [-0.2, 0) is 18.6 Å². The summed E-state index contributed by atoms with van der Waals surface area (Å²) in [5, 5.41) is 36.2. The Morgan fingerprint density at radius 1 is 1.14 bits per heavy atom. The molecule has 4 rings (SSSR count). The van der Waals surface area contributed by atoms with Gasteiger partial charge in [-0.3, -0.25) is 9.32 Å². The van der Waals surface area contributed by atoms with Gasteiger partial charge in [-0.25, -0.2) is 9.08 Å². The first-order valence-corrected chi connectivity index (χ1v) is 16.0. The van der Waals surface area contributed by atoms with Crippen LogP contribution in [0, 0.1) is 35.0 Å². The Bertz CT molecular complexity index is 1440. The number of hydrogen-bond acceptors (Lipinski definition) is 10. The number of nitrogens with two attached hydrogens (primary N) is 1. The van der Waals surface area contributed by atoms with Gasteiger partial charge in [0.05, 0.1) is 60.7 Å². The van der Waals surface area contributed by atoms with Crippen LogP contribution < -0.4 is 10.3 Å². The fraction of sp³-hybridized carbons (Fsp3) is 0.500. The van der Waals surface area contributed by atoms with Gasteiger partial charge < -0.3 is 25.2 Å². The molecule has 1 aliphatic rings. The third-order valence-electron chi connectivity index (χ3n) is 8.08. The number of nitriles is 1. The lowest BCUT2D eigenvalue weighted by atomic mass is 9.87. The molecule has 0 bridgehead atoms. The maximum absolute atomic E-state index is 14.2. The van der Waals surface area contributed by atoms with E-state index >= 15 is 0 Å². The van der Waals surface area contributed by atoms with Crippen molar-refractivity contribution in [3.8, 4) is 11.8 Å². The molecule has 1 aliphatic carbocycles. The van der Waals surface area contributed by atoms with Crippen LogP contribution in [-0.4, -0.2) is 57.4 Å². The van der Waals surface area contributed by atoms with Crippen LogP contribution in [0.15, 0.2) is 54.7 Å². The van der Waals surface area contributed by atoms with E-state index in [9.17, 15) is 24.8 Å². The van der Waals surface area contributed by atoms with Crippen molar-refractivity contribution in [2.75, 3.05) is 25.1 Å². The molecule has 1 aromatic carbocycles. The summed E-state index contributed by atoms with van der Waals surface area (Å²) < 4.78 is 33.1. The van der Waals surface area contributed by atoms with Crippen molar-refractivity contribution in [2.45, 2.75) is 51.7 Å². The molecule has 1 fully saturated rings. The first-order valence-electron chi connectivity index (χ1n) is 14.2. The molecule has 1 unspecified atom stereocenters. The molecule has 2 heterocycles. The highest BCUT2D eigenvalue weighted by molar-refractivity contribution is 7.54. The predicted molar refractivity (Wildman–Crippen MR) is 157 cm³/mol. The third kappa shape index (κ3) is 6.79. The Morgan fingerprint density at radius 3 is 2.52 bits per heavy atom. The highest BCUT2D eigenvalue weighted by Gasteiger charge is 2.52. The molecule has 0 aliphatic heterocycles. The normalized spacial score (nSPS) is 24.3. The molecule has 0 spiro atoms. The van der Waals surface area contributed by atoms with Gasteiger partial charge in [-0.15, -0.1) is 0 Å². The Balaban J connectivity index is 1.59. The van der Waals surface area contributed by atoms with Crippen LogP contribution in [0.25, 0.3) is 5.52 Å². The minimum absolute atomic E-state index is 0.236. The van der Waals surface area contributed by atoms with Crippen LogP contribution in [0.4, 0.5) is 5.69 Å². The largest absolute Gasteiger partial charge is 0.465 e. The topological polar surface area (TPSA) is 169 Å². The smallest absolute Gasteiger partial charge is 0.380 e. The second kappa shape index (κ2) is 13.7. The predicted octanol–water partition coefficient (Wildman–Crippen LogP) is 4.40. The number of nitrogens with zero attached hydrogens (tertiary/aromatic N) is 3. The number of fused-ring (bicyclic) bond motifs is 1. The van der Waals surface area contributed by atoms with E-state index in [4.69, 9.17) is 19.5 Å². The van der Waals surface area contributed by atoms with E-state index < -0.39 is 49.4 Å². The van der Waals surface area contributed by atoms with Crippen LogP contribution >= 0.6 is 7.60 Å². The van der Waals surface area contributed by atoms with Gasteiger partial charge in [-0.1, -0.05) is 51.8 Å². The fourth-order valence-corrected chi connectivity index (χ4v) is 7.36. The van der Waals surface area contributed by atoms with Gasteiger partial charge in [-0.05, 0) is 36.2 Å². The summed E-state index contributed by atoms with van der Waals surface area (Å²) in [7, 11) is -4.02. The minimum atomic E-state index is -4.02. The van der Waals surface area contributed by atoms with Gasteiger partial charge in [0.2, 0.25) is 0 Å². The number of ether oxygens (including phenoxy) is 1. The summed E-state index contributed by atoms with van der Waals surface area (Å²) in [5.41, 5.74) is 7.73. The molecule has 7 atom stereocenters. The molecule has 2 aromatic heterocycles. The summed E-state index contributed by atoms with van der Waals surface area (Å²) in [6, 6.07) is 15.7. The van der Waals surface area contributed by atoms with Crippen molar-refractivity contribution in [3.63, 3.8) is 0 Å². The van der Waals surface area contributed by atoms with Gasteiger partial charge >= 0.3 is 13.6 Å². The lowest BCUT2D eigenvalue weighted by Gasteiger charge is -2.27. The quantitative estimate of drug-likeness (QED) is 0.189. The van der Waals surface area contributed by atoms with Gasteiger partial charge in [-0.2, -0.15) is 10.4 Å². The summed E-state index contributed by atoms with van der Waals surface area (Å²) >= 11 is 0. The molecule has 11 nitrogen and oxygen atoms in total. The second-order valence-electron chi connectivity index (χ2n) is 10.9. The van der Waals surface area contributed by atoms with Crippen molar-refractivity contribution in [2.24, 2.45) is 23.7 Å². The average Bonchev–Trinajstić information content (AvgIpc) is 3.51. The van der Waals surface area contributed by atoms with E-state index in [2.05, 4.69) is 11.2 Å². The number of carbonyl (C=O) groups excluding carboxylic acids is 1. The van der Waals surface area contributed by atoms with E-state index in [1.807, 2.05) is 13.8 Å². The number of benzene rings is 1. The van der Waals surface area contributed by atoms with Crippen LogP contribution in [0.5, 0.6) is 5.75 Å². The first-order chi connectivity index (χ1) is 20.1. The zero-order valence-electron chi connectivity index (χ0n) is 24.1. The monoisotopic (exact) mass is 598 g/mol. The van der Waals surface area contributed by atoms with Crippen LogP contribution in [0.1, 0.15) is 45.2 Å². The van der Waals surface area contributed by atoms with Crippen molar-refractivity contribution in [1.29, 1.82) is 5.26 Å². The summed E-state index contributed by atoms with van der Waals surface area (Å²) in [4.78, 5) is 12.8. The molecule has 0 amide bonds. The van der Waals surface area contributed by atoms with Gasteiger partial charge in [0.25, 0.3) is 0 Å². The molecule has 0 saturated heterocycles. The molecule has 42 heavy (non-hydrogen) atoms. The Hall–Kier alpha value is -3.42. The molecular formula is C30H39N4O7P. The molecule has 1 saturated carbocycles. The Morgan fingerprint density at radius 2 is 1.86 bits per heavy atom. The van der Waals surface area contributed by atoms with E-state index in [0.717, 1.165) is 12.8 Å². The van der Waals surface area contributed by atoms with E-state index in [-0.39, 0.29) is 31.0 Å². The molecular weight excluding hydrogens is 559 g/mol. The summed E-state index contributed by atoms with van der Waals surface area (Å²) in [5.74, 6) is -3.38. The number of aliphatic hydroxyl groups is 2. The first kappa shape index (κ1) is 31.5. The SMILES string of the molecule is CCC(CC)COC(=O)[C@H](C)C[P@](=O)(OC[C@H]1C(c2ccc3c(N)ccnn23)[C@H](C#N)[C@H](O)[C@@H]1O)Oc1ccccc1. The van der Waals surface area contributed by atoms with E-state index in [0.29, 0.717) is 16.9 Å². The molecule has 4 N–H and O–H groups in total. The van der Waals surface area contributed by atoms with E-state index in [1.54, 1.807) is 60.0 Å². The van der Waals surface area contributed by atoms with Crippen LogP contribution in [0.2, 0.25) is 0 Å². The molecule has 226 valence electrons. The molecule has 3 aromatic rings. The zero-order valence-corrected chi connectivity index (χ0v) is 25.0. The van der Waals surface area contributed by atoms with E-state index in [1.165, 1.54) is 6.20 Å². The number of anilines is 1. The highest BCUT2D eigenvalue weighted by atomic mass is 31.2. The van der Waals surface area contributed by atoms with Crippen molar-refractivity contribution >= 4 is 24.8 Å². The number of hydrogen-bond donors (Lipinski definition) is 3. The fourth-order valence-electron chi connectivity index (χ4n) is 5.46. The number of rotatable bonds is 13. The van der Waals surface area contributed by atoms with Gasteiger partial charge in [0.15, 0.2) is 0 Å². The zero-order chi connectivity index (χ0) is 30.4. The summed E-state index contributed by atoms with van der Waals surface area (Å²) in [6.45, 7) is 5.61. The summed E-state index contributed by atoms with van der Waals surface area (Å²) in [6.07, 6.45) is 0.249. The Kier molecular flexibility index (Phi) is 10.3. The number of nitrogen functional groups attached to an aromatic ring is 1. The van der Waals surface area contributed by atoms with Gasteiger partial charge in [0.1, 0.15) is 5.75 Å². The number of para-hydroxylation sites is 1. The molecule has 0 radical (unpaired) electrons. The number of aromatic nitrogens is 2. The van der Waals surface area contributed by atoms with Crippen molar-refractivity contribution in [3.05, 3.63) is 60.4 Å². The second-order valence-corrected chi connectivity index (χ2v) is 12.9. The van der Waals surface area contributed by atoms with Gasteiger partial charge in [0, 0.05) is 23.7 Å². The van der Waals surface area contributed by atoms with Crippen molar-refractivity contribution < 1.29 is 33.4 Å². The minimum Gasteiger partial charge on any atom is -0.465 e. The third-order valence-corrected chi connectivity index (χ3v) is 10.1. The Labute approximate surface area is 245 Å². The maximum Gasteiger partial charge on any atom is 0.380 e. The number of esters is 1. The molecule has 12 heteroatoms. The highest BCUT2D eigenvalue weighted by Crippen LogP contribution is 2.53. The van der Waals surface area contributed by atoms with Crippen molar-refractivity contribution in [1.82, 2.24) is 9.61 Å². The number of aliphatic hydroxyl groups excluding tert-OH is 2. The average molecular weight is 599 g/mol. The number of carbonyl (C=O) groups is 1.